The van der Waals surface area contributed by atoms with E-state index < -0.39 is 35.8 Å². The molecule has 0 aromatic heterocycles. The van der Waals surface area contributed by atoms with E-state index in [0.717, 1.165) is 18.1 Å². The number of aliphatic hydroxyl groups excluding tert-OH is 2. The van der Waals surface area contributed by atoms with E-state index >= 15 is 0 Å². The van der Waals surface area contributed by atoms with Gasteiger partial charge >= 0.3 is 0 Å². The van der Waals surface area contributed by atoms with Crippen LogP contribution in [0.2, 0.25) is 0 Å². The van der Waals surface area contributed by atoms with Crippen LogP contribution in [0.5, 0.6) is 0 Å². The summed E-state index contributed by atoms with van der Waals surface area (Å²) < 4.78 is 27.9. The average molecular weight is 580 g/mol. The Balaban J connectivity index is 1.50. The molecule has 0 radical (unpaired) electrons. The molecule has 3 aromatic carbocycles. The summed E-state index contributed by atoms with van der Waals surface area (Å²) in [5.41, 5.74) is 3.78. The number of hydrogen-bond acceptors (Lipinski definition) is 5. The number of nitrogens with zero attached hydrogens (tertiary/aromatic N) is 1. The molecule has 1 saturated heterocycles. The van der Waals surface area contributed by atoms with Crippen molar-refractivity contribution in [3.05, 3.63) is 106 Å². The maximum atomic E-state index is 13.9. The largest absolute Gasteiger partial charge is 0.391 e. The lowest BCUT2D eigenvalue weighted by Gasteiger charge is -2.30. The van der Waals surface area contributed by atoms with Gasteiger partial charge in [-0.2, -0.15) is 0 Å². The van der Waals surface area contributed by atoms with Crippen LogP contribution in [-0.2, 0) is 19.4 Å². The van der Waals surface area contributed by atoms with Gasteiger partial charge in [0.05, 0.1) is 18.2 Å². The van der Waals surface area contributed by atoms with E-state index in [-0.39, 0.29) is 36.5 Å². The Labute approximate surface area is 245 Å². The minimum Gasteiger partial charge on any atom is -0.391 e. The van der Waals surface area contributed by atoms with Crippen molar-refractivity contribution in [3.63, 3.8) is 0 Å². The van der Waals surface area contributed by atoms with Gasteiger partial charge in [-0.1, -0.05) is 31.2 Å². The molecule has 1 aliphatic heterocycles. The molecule has 1 heterocycles. The Morgan fingerprint density at radius 2 is 1.71 bits per heavy atom. The first kappa shape index (κ1) is 31.3. The van der Waals surface area contributed by atoms with Crippen LogP contribution in [-0.4, -0.2) is 64.8 Å². The summed E-state index contributed by atoms with van der Waals surface area (Å²) in [6, 6.07) is 15.1. The first-order valence-corrected chi connectivity index (χ1v) is 14.4. The number of carbonyl (C=O) groups excluding carboxylic acids is 2. The fourth-order valence-corrected chi connectivity index (χ4v) is 5.34. The van der Waals surface area contributed by atoms with Gasteiger partial charge in [-0.3, -0.25) is 9.59 Å². The molecule has 2 amide bonds. The van der Waals surface area contributed by atoms with E-state index in [1.807, 2.05) is 18.2 Å². The fourth-order valence-electron chi connectivity index (χ4n) is 5.34. The van der Waals surface area contributed by atoms with Crippen molar-refractivity contribution in [1.29, 1.82) is 0 Å². The van der Waals surface area contributed by atoms with Crippen LogP contribution in [0, 0.1) is 18.6 Å². The summed E-state index contributed by atoms with van der Waals surface area (Å²) >= 11 is 0. The standard InChI is InChI=1S/C33H39F2N3O4/c1-3-22-6-4-7-23(12-22)18-36-19-31(40)30(15-24-13-27(34)17-28(35)14-24)37-32(41)25-10-21(2)11-26(16-25)33(42)38-9-5-8-29(39)20-38/h4,6-7,10-14,16-17,29-31,36,39-40H,3,5,8-9,15,18-20H2,1-2H3,(H,37,41)/t29?,30-,31+/m0/s1. The average Bonchev–Trinajstić information content (AvgIpc) is 2.95. The van der Waals surface area contributed by atoms with Crippen molar-refractivity contribution < 1.29 is 28.6 Å². The second-order valence-electron chi connectivity index (χ2n) is 11.1. The van der Waals surface area contributed by atoms with E-state index in [0.29, 0.717) is 37.1 Å². The number of likely N-dealkylation sites (tertiary alicyclic amines) is 1. The van der Waals surface area contributed by atoms with Gasteiger partial charge in [-0.05, 0) is 85.2 Å². The third kappa shape index (κ3) is 8.67. The summed E-state index contributed by atoms with van der Waals surface area (Å²) in [7, 11) is 0. The Hall–Kier alpha value is -3.66. The summed E-state index contributed by atoms with van der Waals surface area (Å²) in [6.07, 6.45) is 0.567. The molecule has 42 heavy (non-hydrogen) atoms. The normalized spacial score (nSPS) is 16.6. The number of amides is 2. The van der Waals surface area contributed by atoms with Crippen LogP contribution in [0.3, 0.4) is 0 Å². The lowest BCUT2D eigenvalue weighted by molar-refractivity contribution is 0.0473. The predicted molar refractivity (Wildman–Crippen MR) is 157 cm³/mol. The zero-order valence-electron chi connectivity index (χ0n) is 24.1. The summed E-state index contributed by atoms with van der Waals surface area (Å²) in [4.78, 5) is 28.2. The molecular weight excluding hydrogens is 540 g/mol. The Kier molecular flexibility index (Phi) is 10.8. The molecule has 0 bridgehead atoms. The van der Waals surface area contributed by atoms with Gasteiger partial charge in [0.25, 0.3) is 11.8 Å². The zero-order valence-corrected chi connectivity index (χ0v) is 24.1. The number of nitrogens with one attached hydrogen (secondary N) is 2. The van der Waals surface area contributed by atoms with Crippen LogP contribution in [0.1, 0.15) is 62.7 Å². The molecule has 9 heteroatoms. The van der Waals surface area contributed by atoms with Crippen molar-refractivity contribution in [2.75, 3.05) is 19.6 Å². The minimum atomic E-state index is -1.09. The summed E-state index contributed by atoms with van der Waals surface area (Å²) in [5, 5.41) is 27.2. The highest BCUT2D eigenvalue weighted by molar-refractivity contribution is 6.00. The van der Waals surface area contributed by atoms with Gasteiger partial charge < -0.3 is 25.7 Å². The highest BCUT2D eigenvalue weighted by Gasteiger charge is 2.26. The van der Waals surface area contributed by atoms with Crippen molar-refractivity contribution in [2.45, 2.75) is 64.3 Å². The number of halogens is 2. The van der Waals surface area contributed by atoms with Gasteiger partial charge in [-0.25, -0.2) is 8.78 Å². The Morgan fingerprint density at radius 1 is 1.00 bits per heavy atom. The van der Waals surface area contributed by atoms with E-state index in [9.17, 15) is 28.6 Å². The first-order chi connectivity index (χ1) is 20.1. The number of hydrogen-bond donors (Lipinski definition) is 4. The molecule has 0 saturated carbocycles. The summed E-state index contributed by atoms with van der Waals surface area (Å²) in [5.74, 6) is -2.29. The SMILES string of the molecule is CCc1cccc(CNC[C@@H](O)[C@H](Cc2cc(F)cc(F)c2)NC(=O)c2cc(C)cc(C(=O)N3CCCC(O)C3)c2)c1. The van der Waals surface area contributed by atoms with Gasteiger partial charge in [0.15, 0.2) is 0 Å². The Morgan fingerprint density at radius 3 is 2.43 bits per heavy atom. The van der Waals surface area contributed by atoms with E-state index in [4.69, 9.17) is 0 Å². The number of piperidine rings is 1. The zero-order chi connectivity index (χ0) is 30.2. The van der Waals surface area contributed by atoms with Gasteiger partial charge in [0.2, 0.25) is 0 Å². The second-order valence-corrected chi connectivity index (χ2v) is 11.1. The molecule has 0 spiro atoms. The first-order valence-electron chi connectivity index (χ1n) is 14.4. The highest BCUT2D eigenvalue weighted by Crippen LogP contribution is 2.18. The molecular formula is C33H39F2N3O4. The third-order valence-corrected chi connectivity index (χ3v) is 7.51. The van der Waals surface area contributed by atoms with Crippen molar-refractivity contribution in [1.82, 2.24) is 15.5 Å². The van der Waals surface area contributed by atoms with Crippen molar-refractivity contribution in [2.24, 2.45) is 0 Å². The number of rotatable bonds is 11. The lowest BCUT2D eigenvalue weighted by atomic mass is 9.99. The quantitative estimate of drug-likeness (QED) is 0.276. The van der Waals surface area contributed by atoms with Crippen LogP contribution in [0.25, 0.3) is 0 Å². The summed E-state index contributed by atoms with van der Waals surface area (Å²) in [6.45, 7) is 5.23. The predicted octanol–water partition coefficient (Wildman–Crippen LogP) is 3.92. The maximum absolute atomic E-state index is 13.9. The lowest BCUT2D eigenvalue weighted by Crippen LogP contribution is -2.48. The molecule has 0 aliphatic carbocycles. The molecule has 3 atom stereocenters. The van der Waals surface area contributed by atoms with Crippen LogP contribution in [0.15, 0.2) is 60.7 Å². The van der Waals surface area contributed by atoms with Gasteiger partial charge in [0.1, 0.15) is 11.6 Å². The van der Waals surface area contributed by atoms with Crippen LogP contribution >= 0.6 is 0 Å². The smallest absolute Gasteiger partial charge is 0.253 e. The second kappa shape index (κ2) is 14.5. The van der Waals surface area contributed by atoms with E-state index in [2.05, 4.69) is 23.6 Å². The number of aryl methyl sites for hydroxylation is 2. The fraction of sp³-hybridized carbons (Fsp3) is 0.394. The van der Waals surface area contributed by atoms with Gasteiger partial charge in [-0.15, -0.1) is 0 Å². The number of aliphatic hydroxyl groups is 2. The number of benzene rings is 3. The number of carbonyl (C=O) groups is 2. The molecule has 4 rings (SSSR count). The molecule has 1 unspecified atom stereocenters. The topological polar surface area (TPSA) is 102 Å². The molecule has 3 aromatic rings. The van der Waals surface area contributed by atoms with Gasteiger partial charge in [0, 0.05) is 43.4 Å². The molecule has 1 aliphatic rings. The highest BCUT2D eigenvalue weighted by atomic mass is 19.1. The molecule has 7 nitrogen and oxygen atoms in total. The number of β-amino-alcohol motifs (C(OH)–C–C–N with tert-alkyl or cyclic N) is 1. The van der Waals surface area contributed by atoms with E-state index in [1.165, 1.54) is 23.8 Å². The Bertz CT molecular complexity index is 1380. The molecule has 224 valence electrons. The maximum Gasteiger partial charge on any atom is 0.253 e. The molecule has 1 fully saturated rings. The van der Waals surface area contributed by atoms with E-state index in [1.54, 1.807) is 24.0 Å². The third-order valence-electron chi connectivity index (χ3n) is 7.51. The van der Waals surface area contributed by atoms with Crippen LogP contribution in [0.4, 0.5) is 8.78 Å². The van der Waals surface area contributed by atoms with Crippen LogP contribution < -0.4 is 10.6 Å². The monoisotopic (exact) mass is 579 g/mol. The minimum absolute atomic E-state index is 0.0160. The molecule has 4 N–H and O–H groups in total. The van der Waals surface area contributed by atoms with Crippen molar-refractivity contribution in [3.8, 4) is 0 Å². The van der Waals surface area contributed by atoms with Crippen molar-refractivity contribution >= 4 is 11.8 Å².